The molecule has 2 aromatic rings. The molecular formula is C19H24N2O3. The zero-order valence-corrected chi connectivity index (χ0v) is 14.2. The van der Waals surface area contributed by atoms with E-state index in [0.29, 0.717) is 30.5 Å². The smallest absolute Gasteiger partial charge is 0.254 e. The third-order valence-electron chi connectivity index (χ3n) is 4.58. The van der Waals surface area contributed by atoms with Crippen molar-refractivity contribution in [2.75, 3.05) is 18.1 Å². The van der Waals surface area contributed by atoms with Crippen LogP contribution in [-0.4, -0.2) is 30.2 Å². The van der Waals surface area contributed by atoms with Crippen LogP contribution in [0, 0.1) is 5.92 Å². The molecule has 128 valence electrons. The minimum absolute atomic E-state index is 0.0368. The summed E-state index contributed by atoms with van der Waals surface area (Å²) in [6.45, 7) is 5.15. The van der Waals surface area contributed by atoms with Crippen molar-refractivity contribution in [1.82, 2.24) is 5.32 Å². The first-order chi connectivity index (χ1) is 11.6. The van der Waals surface area contributed by atoms with Gasteiger partial charge in [0.25, 0.3) is 5.91 Å². The van der Waals surface area contributed by atoms with Gasteiger partial charge < -0.3 is 19.7 Å². The van der Waals surface area contributed by atoms with Crippen molar-refractivity contribution in [2.24, 2.45) is 5.92 Å². The summed E-state index contributed by atoms with van der Waals surface area (Å²) in [5, 5.41) is 11.9. The van der Waals surface area contributed by atoms with Gasteiger partial charge in [-0.15, -0.1) is 0 Å². The third kappa shape index (κ3) is 3.31. The lowest BCUT2D eigenvalue weighted by Crippen LogP contribution is -2.32. The fourth-order valence-electron chi connectivity index (χ4n) is 3.12. The van der Waals surface area contributed by atoms with E-state index < -0.39 is 0 Å². The highest BCUT2D eigenvalue weighted by Crippen LogP contribution is 2.33. The van der Waals surface area contributed by atoms with Gasteiger partial charge in [0.1, 0.15) is 5.76 Å². The van der Waals surface area contributed by atoms with Crippen LogP contribution in [0.1, 0.15) is 35.5 Å². The summed E-state index contributed by atoms with van der Waals surface area (Å²) >= 11 is 0. The number of hydrogen-bond donors (Lipinski definition) is 2. The minimum Gasteiger partial charge on any atom is -0.467 e. The summed E-state index contributed by atoms with van der Waals surface area (Å²) in [4.78, 5) is 14.7. The predicted octanol–water partition coefficient (Wildman–Crippen LogP) is 2.59. The van der Waals surface area contributed by atoms with E-state index in [9.17, 15) is 4.79 Å². The number of anilines is 1. The summed E-state index contributed by atoms with van der Waals surface area (Å²) in [7, 11) is 0. The van der Waals surface area contributed by atoms with Crippen LogP contribution in [0.4, 0.5) is 5.69 Å². The monoisotopic (exact) mass is 328 g/mol. The van der Waals surface area contributed by atoms with E-state index in [2.05, 4.69) is 35.3 Å². The molecule has 24 heavy (non-hydrogen) atoms. The van der Waals surface area contributed by atoms with Crippen LogP contribution in [0.2, 0.25) is 0 Å². The molecule has 2 unspecified atom stereocenters. The van der Waals surface area contributed by atoms with Gasteiger partial charge in [-0.2, -0.15) is 0 Å². The molecule has 2 N–H and O–H groups in total. The zero-order valence-electron chi connectivity index (χ0n) is 14.2. The minimum atomic E-state index is -0.154. The highest BCUT2D eigenvalue weighted by atomic mass is 16.3. The molecule has 0 radical (unpaired) electrons. The number of carbonyl (C=O) groups excluding carboxylic acids is 1. The van der Waals surface area contributed by atoms with Crippen LogP contribution in [0.15, 0.2) is 41.0 Å². The molecule has 0 aliphatic carbocycles. The average Bonchev–Trinajstić information content (AvgIpc) is 3.17. The first-order valence-corrected chi connectivity index (χ1v) is 8.40. The van der Waals surface area contributed by atoms with E-state index in [4.69, 9.17) is 9.52 Å². The van der Waals surface area contributed by atoms with E-state index in [1.165, 1.54) is 11.3 Å². The zero-order chi connectivity index (χ0) is 17.1. The van der Waals surface area contributed by atoms with Gasteiger partial charge >= 0.3 is 0 Å². The van der Waals surface area contributed by atoms with Crippen molar-refractivity contribution in [2.45, 2.75) is 32.9 Å². The number of fused-ring (bicyclic) bond motifs is 1. The van der Waals surface area contributed by atoms with E-state index in [0.717, 1.165) is 6.42 Å². The fraction of sp³-hybridized carbons (Fsp3) is 0.421. The van der Waals surface area contributed by atoms with Crippen molar-refractivity contribution in [3.8, 4) is 0 Å². The highest BCUT2D eigenvalue weighted by molar-refractivity contribution is 5.95. The first-order valence-electron chi connectivity index (χ1n) is 8.40. The Hall–Kier alpha value is -2.27. The third-order valence-corrected chi connectivity index (χ3v) is 4.58. The fourth-order valence-corrected chi connectivity index (χ4v) is 3.12. The normalized spacial score (nSPS) is 17.6. The predicted molar refractivity (Wildman–Crippen MR) is 93.1 cm³/mol. The Balaban J connectivity index is 1.73. The molecule has 5 heteroatoms. The Kier molecular flexibility index (Phi) is 4.90. The Morgan fingerprint density at radius 2 is 2.21 bits per heavy atom. The van der Waals surface area contributed by atoms with Crippen LogP contribution in [-0.2, 0) is 13.0 Å². The molecule has 0 saturated carbocycles. The molecule has 1 aromatic heterocycles. The Bertz CT molecular complexity index is 710. The van der Waals surface area contributed by atoms with Crippen LogP contribution >= 0.6 is 0 Å². The Labute approximate surface area is 142 Å². The summed E-state index contributed by atoms with van der Waals surface area (Å²) < 4.78 is 5.59. The van der Waals surface area contributed by atoms with Gasteiger partial charge in [-0.3, -0.25) is 4.79 Å². The SMILES string of the molecule is CC(CO)CNC(=O)c1ccoc1CN1c2ccccc2CC1C. The van der Waals surface area contributed by atoms with Gasteiger partial charge in [-0.1, -0.05) is 25.1 Å². The Morgan fingerprint density at radius 1 is 1.42 bits per heavy atom. The molecule has 1 aromatic carbocycles. The van der Waals surface area contributed by atoms with E-state index in [1.807, 2.05) is 13.0 Å². The molecular weight excluding hydrogens is 304 g/mol. The Morgan fingerprint density at radius 3 is 3.00 bits per heavy atom. The lowest BCUT2D eigenvalue weighted by Gasteiger charge is -2.24. The number of nitrogens with one attached hydrogen (secondary N) is 1. The van der Waals surface area contributed by atoms with Crippen molar-refractivity contribution in [3.05, 3.63) is 53.5 Å². The van der Waals surface area contributed by atoms with Crippen molar-refractivity contribution in [3.63, 3.8) is 0 Å². The topological polar surface area (TPSA) is 65.7 Å². The second-order valence-electron chi connectivity index (χ2n) is 6.56. The molecule has 5 nitrogen and oxygen atoms in total. The van der Waals surface area contributed by atoms with Gasteiger partial charge in [0.05, 0.1) is 18.4 Å². The van der Waals surface area contributed by atoms with Gasteiger partial charge in [0.15, 0.2) is 0 Å². The highest BCUT2D eigenvalue weighted by Gasteiger charge is 2.27. The molecule has 1 aliphatic heterocycles. The van der Waals surface area contributed by atoms with Gasteiger partial charge in [0.2, 0.25) is 0 Å². The standard InChI is InChI=1S/C19H24N2O3/c1-13(12-22)10-20-19(23)16-7-8-24-18(16)11-21-14(2)9-15-5-3-4-6-17(15)21/h3-8,13-14,22H,9-12H2,1-2H3,(H,20,23). The van der Waals surface area contributed by atoms with Gasteiger partial charge in [-0.05, 0) is 37.0 Å². The number of aliphatic hydroxyl groups is 1. The van der Waals surface area contributed by atoms with E-state index >= 15 is 0 Å². The molecule has 1 aliphatic rings. The maximum absolute atomic E-state index is 12.4. The molecule has 0 saturated heterocycles. The number of furan rings is 1. The molecule has 0 fully saturated rings. The molecule has 3 rings (SSSR count). The van der Waals surface area contributed by atoms with Gasteiger partial charge in [0, 0.05) is 24.9 Å². The number of para-hydroxylation sites is 1. The molecule has 1 amide bonds. The maximum Gasteiger partial charge on any atom is 0.254 e. The number of aliphatic hydroxyl groups excluding tert-OH is 1. The molecule has 2 atom stereocenters. The summed E-state index contributed by atoms with van der Waals surface area (Å²) in [6, 6.07) is 10.4. The summed E-state index contributed by atoms with van der Waals surface area (Å²) in [5.74, 6) is 0.557. The number of nitrogens with zero attached hydrogens (tertiary/aromatic N) is 1. The number of amides is 1. The van der Waals surface area contributed by atoms with Crippen molar-refractivity contribution < 1.29 is 14.3 Å². The largest absolute Gasteiger partial charge is 0.467 e. The number of rotatable bonds is 6. The lowest BCUT2D eigenvalue weighted by atomic mass is 10.1. The first kappa shape index (κ1) is 16.6. The van der Waals surface area contributed by atoms with Gasteiger partial charge in [-0.25, -0.2) is 0 Å². The van der Waals surface area contributed by atoms with Crippen LogP contribution in [0.5, 0.6) is 0 Å². The molecule has 0 spiro atoms. The average molecular weight is 328 g/mol. The number of carbonyl (C=O) groups is 1. The second-order valence-corrected chi connectivity index (χ2v) is 6.56. The number of hydrogen-bond acceptors (Lipinski definition) is 4. The maximum atomic E-state index is 12.4. The lowest BCUT2D eigenvalue weighted by molar-refractivity contribution is 0.0940. The van der Waals surface area contributed by atoms with Crippen LogP contribution < -0.4 is 10.2 Å². The summed E-state index contributed by atoms with van der Waals surface area (Å²) in [6.07, 6.45) is 2.57. The van der Waals surface area contributed by atoms with E-state index in [-0.39, 0.29) is 18.4 Å². The second kappa shape index (κ2) is 7.09. The molecule has 0 bridgehead atoms. The molecule has 2 heterocycles. The van der Waals surface area contributed by atoms with Crippen molar-refractivity contribution in [1.29, 1.82) is 0 Å². The van der Waals surface area contributed by atoms with Crippen molar-refractivity contribution >= 4 is 11.6 Å². The van der Waals surface area contributed by atoms with E-state index in [1.54, 1.807) is 12.3 Å². The van der Waals surface area contributed by atoms with Crippen LogP contribution in [0.3, 0.4) is 0 Å². The number of benzene rings is 1. The quantitative estimate of drug-likeness (QED) is 0.855. The summed E-state index contributed by atoms with van der Waals surface area (Å²) in [5.41, 5.74) is 3.11. The van der Waals surface area contributed by atoms with Crippen LogP contribution in [0.25, 0.3) is 0 Å².